The van der Waals surface area contributed by atoms with Crippen LogP contribution in [0, 0.1) is 11.6 Å². The fourth-order valence-electron chi connectivity index (χ4n) is 3.02. The summed E-state index contributed by atoms with van der Waals surface area (Å²) in [6.07, 6.45) is 2.06. The maximum absolute atomic E-state index is 14.0. The molecule has 1 heterocycles. The summed E-state index contributed by atoms with van der Waals surface area (Å²) < 4.78 is 27.4. The van der Waals surface area contributed by atoms with Gasteiger partial charge in [0.15, 0.2) is 0 Å². The molecule has 4 rings (SSSR count). The van der Waals surface area contributed by atoms with Gasteiger partial charge >= 0.3 is 0 Å². The lowest BCUT2D eigenvalue weighted by Crippen LogP contribution is -2.34. The van der Waals surface area contributed by atoms with Crippen LogP contribution in [0.3, 0.4) is 0 Å². The predicted octanol–water partition coefficient (Wildman–Crippen LogP) is 4.82. The molecule has 0 spiro atoms. The highest BCUT2D eigenvalue weighted by atomic mass is 32.1. The number of hydrogen-bond acceptors (Lipinski definition) is 3. The average Bonchev–Trinajstić information content (AvgIpc) is 3.39. The molecule has 27 heavy (non-hydrogen) atoms. The Kier molecular flexibility index (Phi) is 4.99. The molecule has 3 aromatic rings. The van der Waals surface area contributed by atoms with Crippen molar-refractivity contribution < 1.29 is 13.6 Å². The van der Waals surface area contributed by atoms with E-state index in [0.29, 0.717) is 21.8 Å². The second kappa shape index (κ2) is 7.56. The molecule has 0 aliphatic heterocycles. The van der Waals surface area contributed by atoms with Gasteiger partial charge in [-0.05, 0) is 31.0 Å². The van der Waals surface area contributed by atoms with Gasteiger partial charge in [0, 0.05) is 29.1 Å². The Morgan fingerprint density at radius 3 is 2.70 bits per heavy atom. The monoisotopic (exact) mass is 384 g/mol. The molecule has 1 aromatic heterocycles. The van der Waals surface area contributed by atoms with Crippen LogP contribution in [-0.2, 0) is 17.8 Å². The highest BCUT2D eigenvalue weighted by molar-refractivity contribution is 7.13. The Morgan fingerprint density at radius 1 is 1.15 bits per heavy atom. The number of carbonyl (C=O) groups is 1. The molecule has 1 saturated carbocycles. The van der Waals surface area contributed by atoms with Gasteiger partial charge in [-0.2, -0.15) is 0 Å². The van der Waals surface area contributed by atoms with E-state index in [1.807, 2.05) is 5.38 Å². The lowest BCUT2D eigenvalue weighted by molar-refractivity contribution is -0.131. The lowest BCUT2D eigenvalue weighted by Gasteiger charge is -2.22. The maximum Gasteiger partial charge on any atom is 0.229 e. The van der Waals surface area contributed by atoms with Gasteiger partial charge < -0.3 is 4.90 Å². The molecule has 6 heteroatoms. The van der Waals surface area contributed by atoms with Crippen LogP contribution in [0.5, 0.6) is 0 Å². The normalized spacial score (nSPS) is 13.6. The largest absolute Gasteiger partial charge is 0.335 e. The maximum atomic E-state index is 14.0. The van der Waals surface area contributed by atoms with Crippen molar-refractivity contribution in [3.8, 4) is 10.6 Å². The lowest BCUT2D eigenvalue weighted by atomic mass is 10.2. The second-order valence-corrected chi connectivity index (χ2v) is 7.53. The van der Waals surface area contributed by atoms with Crippen LogP contribution in [0.2, 0.25) is 0 Å². The Morgan fingerprint density at radius 2 is 1.96 bits per heavy atom. The summed E-state index contributed by atoms with van der Waals surface area (Å²) in [5, 5.41) is 2.51. The van der Waals surface area contributed by atoms with E-state index in [1.165, 1.54) is 29.5 Å². The van der Waals surface area contributed by atoms with E-state index in [2.05, 4.69) is 4.98 Å². The summed E-state index contributed by atoms with van der Waals surface area (Å²) in [5.41, 5.74) is 1.88. The van der Waals surface area contributed by atoms with E-state index >= 15 is 0 Å². The van der Waals surface area contributed by atoms with E-state index in [4.69, 9.17) is 0 Å². The summed E-state index contributed by atoms with van der Waals surface area (Å²) in [6.45, 7) is 0.275. The summed E-state index contributed by atoms with van der Waals surface area (Å²) in [5.74, 6) is -0.667. The molecular weight excluding hydrogens is 366 g/mol. The van der Waals surface area contributed by atoms with Crippen LogP contribution in [-0.4, -0.2) is 21.8 Å². The molecule has 1 aliphatic carbocycles. The highest BCUT2D eigenvalue weighted by Gasteiger charge is 2.33. The molecule has 0 saturated heterocycles. The predicted molar refractivity (Wildman–Crippen MR) is 101 cm³/mol. The SMILES string of the molecule is O=C(Cc1csc(-c2cccc(F)c2)n1)N(Cc1ccccc1F)C1CC1. The van der Waals surface area contributed by atoms with E-state index in [1.54, 1.807) is 35.2 Å². The number of amides is 1. The van der Waals surface area contributed by atoms with Gasteiger partial charge in [-0.15, -0.1) is 11.3 Å². The number of halogens is 2. The van der Waals surface area contributed by atoms with Gasteiger partial charge in [0.2, 0.25) is 5.91 Å². The molecule has 1 amide bonds. The minimum Gasteiger partial charge on any atom is -0.335 e. The van der Waals surface area contributed by atoms with Crippen LogP contribution in [0.25, 0.3) is 10.6 Å². The number of thiazole rings is 1. The van der Waals surface area contributed by atoms with Crippen LogP contribution in [0.15, 0.2) is 53.9 Å². The van der Waals surface area contributed by atoms with Crippen molar-refractivity contribution in [1.82, 2.24) is 9.88 Å². The van der Waals surface area contributed by atoms with Gasteiger partial charge in [0.25, 0.3) is 0 Å². The third-order valence-electron chi connectivity index (χ3n) is 4.56. The summed E-state index contributed by atoms with van der Waals surface area (Å²) >= 11 is 1.39. The third kappa shape index (κ3) is 4.22. The first-order chi connectivity index (χ1) is 13.1. The fraction of sp³-hybridized carbons (Fsp3) is 0.238. The van der Waals surface area contributed by atoms with Gasteiger partial charge in [0.05, 0.1) is 12.1 Å². The molecule has 0 N–H and O–H groups in total. The molecule has 1 aliphatic rings. The summed E-state index contributed by atoms with van der Waals surface area (Å²) in [4.78, 5) is 19.0. The minimum absolute atomic E-state index is 0.0585. The molecular formula is C21H18F2N2OS. The molecule has 0 atom stereocenters. The number of benzene rings is 2. The first kappa shape index (κ1) is 17.8. The number of hydrogen-bond donors (Lipinski definition) is 0. The number of nitrogens with zero attached hydrogens (tertiary/aromatic N) is 2. The molecule has 1 fully saturated rings. The molecule has 2 aromatic carbocycles. The molecule has 0 unspecified atom stereocenters. The van der Waals surface area contributed by atoms with Crippen molar-refractivity contribution in [2.45, 2.75) is 31.8 Å². The number of rotatable bonds is 6. The molecule has 3 nitrogen and oxygen atoms in total. The van der Waals surface area contributed by atoms with Crippen molar-refractivity contribution in [2.75, 3.05) is 0 Å². The molecule has 0 bridgehead atoms. The molecule has 138 valence electrons. The zero-order chi connectivity index (χ0) is 18.8. The van der Waals surface area contributed by atoms with Crippen LogP contribution < -0.4 is 0 Å². The van der Waals surface area contributed by atoms with E-state index in [-0.39, 0.29) is 36.5 Å². The zero-order valence-electron chi connectivity index (χ0n) is 14.6. The Bertz CT molecular complexity index is 968. The van der Waals surface area contributed by atoms with Gasteiger partial charge in [0.1, 0.15) is 16.6 Å². The summed E-state index contributed by atoms with van der Waals surface area (Å²) in [6, 6.07) is 13.0. The van der Waals surface area contributed by atoms with Crippen molar-refractivity contribution in [3.05, 3.63) is 76.8 Å². The van der Waals surface area contributed by atoms with Crippen molar-refractivity contribution in [3.63, 3.8) is 0 Å². The Hall–Kier alpha value is -2.60. The minimum atomic E-state index is -0.315. The Labute approximate surface area is 160 Å². The van der Waals surface area contributed by atoms with E-state index in [9.17, 15) is 13.6 Å². The van der Waals surface area contributed by atoms with Crippen molar-refractivity contribution in [2.24, 2.45) is 0 Å². The van der Waals surface area contributed by atoms with Crippen molar-refractivity contribution >= 4 is 17.2 Å². The fourth-order valence-corrected chi connectivity index (χ4v) is 3.83. The van der Waals surface area contributed by atoms with E-state index < -0.39 is 0 Å². The van der Waals surface area contributed by atoms with Crippen molar-refractivity contribution in [1.29, 1.82) is 0 Å². The van der Waals surface area contributed by atoms with Gasteiger partial charge in [-0.1, -0.05) is 30.3 Å². The van der Waals surface area contributed by atoms with Gasteiger partial charge in [-0.25, -0.2) is 13.8 Å². The number of carbonyl (C=O) groups excluding carboxylic acids is 1. The second-order valence-electron chi connectivity index (χ2n) is 6.68. The van der Waals surface area contributed by atoms with Crippen LogP contribution >= 0.6 is 11.3 Å². The Balaban J connectivity index is 1.48. The van der Waals surface area contributed by atoms with Gasteiger partial charge in [-0.3, -0.25) is 4.79 Å². The third-order valence-corrected chi connectivity index (χ3v) is 5.50. The topological polar surface area (TPSA) is 33.2 Å². The first-order valence-corrected chi connectivity index (χ1v) is 9.71. The van der Waals surface area contributed by atoms with Crippen LogP contribution in [0.4, 0.5) is 8.78 Å². The number of aromatic nitrogens is 1. The quantitative estimate of drug-likeness (QED) is 0.610. The molecule has 0 radical (unpaired) electrons. The zero-order valence-corrected chi connectivity index (χ0v) is 15.4. The van der Waals surface area contributed by atoms with E-state index in [0.717, 1.165) is 12.8 Å². The van der Waals surface area contributed by atoms with Crippen LogP contribution in [0.1, 0.15) is 24.1 Å². The standard InChI is InChI=1S/C21H18F2N2OS/c22-16-6-3-5-14(10-16)21-24-17(13-27-21)11-20(26)25(18-8-9-18)12-15-4-1-2-7-19(15)23/h1-7,10,13,18H,8-9,11-12H2. The average molecular weight is 384 g/mol. The first-order valence-electron chi connectivity index (χ1n) is 8.83. The highest BCUT2D eigenvalue weighted by Crippen LogP contribution is 2.30. The smallest absolute Gasteiger partial charge is 0.229 e. The summed E-state index contributed by atoms with van der Waals surface area (Å²) in [7, 11) is 0.